The molecule has 0 N–H and O–H groups in total. The fraction of sp³-hybridized carbons (Fsp3) is 0.367. The minimum atomic E-state index is -0.634. The zero-order chi connectivity index (χ0) is 25.2. The van der Waals surface area contributed by atoms with Gasteiger partial charge in [0.15, 0.2) is 0 Å². The number of ether oxygens (including phenoxy) is 5. The molecule has 0 radical (unpaired) electrons. The summed E-state index contributed by atoms with van der Waals surface area (Å²) in [6.45, 7) is 3.33. The van der Waals surface area contributed by atoms with E-state index in [9.17, 15) is 4.79 Å². The Hall–Kier alpha value is -3.03. The maximum absolute atomic E-state index is 12.9. The molecular weight excluding hydrogens is 456 g/mol. The highest BCUT2D eigenvalue weighted by Crippen LogP contribution is 2.33. The van der Waals surface area contributed by atoms with Gasteiger partial charge in [-0.25, -0.2) is 0 Å². The maximum Gasteiger partial charge on any atom is 0.314 e. The smallest absolute Gasteiger partial charge is 0.314 e. The minimum absolute atomic E-state index is 0.303. The van der Waals surface area contributed by atoms with E-state index in [0.717, 1.165) is 16.7 Å². The molecule has 1 saturated heterocycles. The molecule has 0 aromatic heterocycles. The summed E-state index contributed by atoms with van der Waals surface area (Å²) < 4.78 is 30.3. The molecule has 3 aromatic carbocycles. The lowest BCUT2D eigenvalue weighted by atomic mass is 9.86. The van der Waals surface area contributed by atoms with Gasteiger partial charge in [0, 0.05) is 0 Å². The van der Waals surface area contributed by atoms with Crippen molar-refractivity contribution in [3.05, 3.63) is 108 Å². The number of carbonyl (C=O) groups is 1. The number of methoxy groups -OCH3 is 1. The van der Waals surface area contributed by atoms with Crippen LogP contribution in [0.25, 0.3) is 0 Å². The Morgan fingerprint density at radius 3 is 1.69 bits per heavy atom. The molecule has 1 fully saturated rings. The summed E-state index contributed by atoms with van der Waals surface area (Å²) in [6.07, 6.45) is -1.96. The van der Waals surface area contributed by atoms with Crippen molar-refractivity contribution in [1.82, 2.24) is 0 Å². The Morgan fingerprint density at radius 1 is 0.722 bits per heavy atom. The quantitative estimate of drug-likeness (QED) is 0.355. The summed E-state index contributed by atoms with van der Waals surface area (Å²) in [4.78, 5) is 12.9. The standard InChI is InChI=1S/C30H34O6/c1-22-27(30(31)32-2)29(35-20-25-16-10-5-11-17-25)28(34-19-24-14-8-4-9-15-24)26(36-22)21-33-18-23-12-6-3-7-13-23/h3-17,22,26-29H,18-21H2,1-2H3/t22-,26-,27+,28-,29-/m1/s1. The van der Waals surface area contributed by atoms with Crippen LogP contribution in [0.3, 0.4) is 0 Å². The molecule has 3 aromatic rings. The van der Waals surface area contributed by atoms with Gasteiger partial charge in [-0.1, -0.05) is 91.0 Å². The van der Waals surface area contributed by atoms with E-state index >= 15 is 0 Å². The molecule has 6 heteroatoms. The molecule has 1 heterocycles. The van der Waals surface area contributed by atoms with Gasteiger partial charge >= 0.3 is 5.97 Å². The molecule has 6 nitrogen and oxygen atoms in total. The highest BCUT2D eigenvalue weighted by molar-refractivity contribution is 5.74. The van der Waals surface area contributed by atoms with E-state index in [2.05, 4.69) is 0 Å². The van der Waals surface area contributed by atoms with E-state index in [4.69, 9.17) is 23.7 Å². The monoisotopic (exact) mass is 490 g/mol. The van der Waals surface area contributed by atoms with Gasteiger partial charge in [-0.15, -0.1) is 0 Å². The molecule has 4 rings (SSSR count). The van der Waals surface area contributed by atoms with Crippen molar-refractivity contribution in [2.24, 2.45) is 5.92 Å². The first-order chi connectivity index (χ1) is 17.7. The average Bonchev–Trinajstić information content (AvgIpc) is 2.92. The second-order valence-electron chi connectivity index (χ2n) is 8.95. The molecule has 1 aliphatic heterocycles. The van der Waals surface area contributed by atoms with Crippen molar-refractivity contribution < 1.29 is 28.5 Å². The van der Waals surface area contributed by atoms with E-state index < -0.39 is 30.3 Å². The molecule has 5 atom stereocenters. The average molecular weight is 491 g/mol. The van der Waals surface area contributed by atoms with Crippen LogP contribution in [-0.2, 0) is 48.3 Å². The van der Waals surface area contributed by atoms with Crippen LogP contribution in [0.4, 0.5) is 0 Å². The van der Waals surface area contributed by atoms with Crippen LogP contribution >= 0.6 is 0 Å². The Balaban J connectivity index is 1.54. The second kappa shape index (κ2) is 13.3. The summed E-state index contributed by atoms with van der Waals surface area (Å²) in [6, 6.07) is 29.8. The topological polar surface area (TPSA) is 63.2 Å². The van der Waals surface area contributed by atoms with E-state index in [-0.39, 0.29) is 5.97 Å². The van der Waals surface area contributed by atoms with Crippen molar-refractivity contribution in [3.8, 4) is 0 Å². The van der Waals surface area contributed by atoms with Crippen LogP contribution in [0.15, 0.2) is 91.0 Å². The molecule has 0 bridgehead atoms. The van der Waals surface area contributed by atoms with Gasteiger partial charge in [0.25, 0.3) is 0 Å². The molecule has 190 valence electrons. The zero-order valence-corrected chi connectivity index (χ0v) is 20.8. The van der Waals surface area contributed by atoms with Crippen LogP contribution in [0.5, 0.6) is 0 Å². The third-order valence-electron chi connectivity index (χ3n) is 6.38. The van der Waals surface area contributed by atoms with Gasteiger partial charge in [-0.05, 0) is 23.6 Å². The third-order valence-corrected chi connectivity index (χ3v) is 6.38. The van der Waals surface area contributed by atoms with Gasteiger partial charge in [-0.2, -0.15) is 0 Å². The molecule has 0 aliphatic carbocycles. The fourth-order valence-corrected chi connectivity index (χ4v) is 4.52. The highest BCUT2D eigenvalue weighted by atomic mass is 16.6. The van der Waals surface area contributed by atoms with E-state index in [1.807, 2.05) is 97.9 Å². The van der Waals surface area contributed by atoms with Gasteiger partial charge in [-0.3, -0.25) is 4.79 Å². The van der Waals surface area contributed by atoms with Crippen LogP contribution < -0.4 is 0 Å². The largest absolute Gasteiger partial charge is 0.469 e. The van der Waals surface area contributed by atoms with Crippen molar-refractivity contribution in [2.45, 2.75) is 51.2 Å². The Morgan fingerprint density at radius 2 is 1.19 bits per heavy atom. The lowest BCUT2D eigenvalue weighted by Crippen LogP contribution is -2.59. The normalized spacial score (nSPS) is 23.8. The number of hydrogen-bond donors (Lipinski definition) is 0. The molecule has 1 aliphatic rings. The molecule has 0 saturated carbocycles. The number of benzene rings is 3. The van der Waals surface area contributed by atoms with Crippen molar-refractivity contribution in [1.29, 1.82) is 0 Å². The predicted molar refractivity (Wildman–Crippen MR) is 136 cm³/mol. The molecule has 36 heavy (non-hydrogen) atoms. The van der Waals surface area contributed by atoms with Crippen LogP contribution in [0.1, 0.15) is 23.6 Å². The molecular formula is C30H34O6. The molecule has 0 spiro atoms. The predicted octanol–water partition coefficient (Wildman–Crippen LogP) is 4.95. The Labute approximate surface area is 213 Å². The first-order valence-corrected chi connectivity index (χ1v) is 12.3. The van der Waals surface area contributed by atoms with Crippen molar-refractivity contribution >= 4 is 5.97 Å². The zero-order valence-electron chi connectivity index (χ0n) is 20.8. The number of esters is 1. The first kappa shape index (κ1) is 26.0. The minimum Gasteiger partial charge on any atom is -0.469 e. The summed E-state index contributed by atoms with van der Waals surface area (Å²) in [7, 11) is 1.39. The van der Waals surface area contributed by atoms with Gasteiger partial charge in [0.05, 0.1) is 39.6 Å². The van der Waals surface area contributed by atoms with E-state index in [1.54, 1.807) is 0 Å². The van der Waals surface area contributed by atoms with Crippen LogP contribution in [0.2, 0.25) is 0 Å². The van der Waals surface area contributed by atoms with E-state index in [1.165, 1.54) is 7.11 Å². The summed E-state index contributed by atoms with van der Waals surface area (Å²) in [5.41, 5.74) is 3.11. The summed E-state index contributed by atoms with van der Waals surface area (Å²) in [5.74, 6) is -1.01. The third kappa shape index (κ3) is 7.02. The number of rotatable bonds is 11. The van der Waals surface area contributed by atoms with Crippen molar-refractivity contribution in [2.75, 3.05) is 13.7 Å². The highest BCUT2D eigenvalue weighted by Gasteiger charge is 2.49. The number of carbonyl (C=O) groups excluding carboxylic acids is 1. The second-order valence-corrected chi connectivity index (χ2v) is 8.95. The maximum atomic E-state index is 12.9. The Kier molecular flexibility index (Phi) is 9.64. The number of hydrogen-bond acceptors (Lipinski definition) is 6. The van der Waals surface area contributed by atoms with Gasteiger partial charge in [0.2, 0.25) is 0 Å². The SMILES string of the molecule is COC(=O)[C@@H]1[C@@H](OCc2ccccc2)[C@H](OCc2ccccc2)[C@@H](COCc2ccccc2)O[C@@H]1C. The fourth-order valence-electron chi connectivity index (χ4n) is 4.52. The summed E-state index contributed by atoms with van der Waals surface area (Å²) >= 11 is 0. The lowest BCUT2D eigenvalue weighted by Gasteiger charge is -2.44. The molecule has 0 unspecified atom stereocenters. The van der Waals surface area contributed by atoms with Crippen LogP contribution in [-0.4, -0.2) is 44.1 Å². The van der Waals surface area contributed by atoms with Crippen molar-refractivity contribution in [3.63, 3.8) is 0 Å². The van der Waals surface area contributed by atoms with E-state index in [0.29, 0.717) is 26.4 Å². The Bertz CT molecular complexity index is 1040. The first-order valence-electron chi connectivity index (χ1n) is 12.3. The molecule has 0 amide bonds. The summed E-state index contributed by atoms with van der Waals surface area (Å²) in [5, 5.41) is 0. The van der Waals surface area contributed by atoms with Gasteiger partial charge in [0.1, 0.15) is 24.2 Å². The lowest BCUT2D eigenvalue weighted by molar-refractivity contribution is -0.244. The van der Waals surface area contributed by atoms with Crippen LogP contribution in [0, 0.1) is 5.92 Å². The van der Waals surface area contributed by atoms with Gasteiger partial charge < -0.3 is 23.7 Å².